The topological polar surface area (TPSA) is 111 Å². The van der Waals surface area contributed by atoms with Gasteiger partial charge in [0.1, 0.15) is 13.2 Å². The molecule has 3 N–H and O–H groups in total. The molecule has 0 aromatic heterocycles. The van der Waals surface area contributed by atoms with Crippen molar-refractivity contribution in [2.75, 3.05) is 39.4 Å². The van der Waals surface area contributed by atoms with Crippen LogP contribution in [0.5, 0.6) is 11.5 Å². The number of carbonyl (C=O) groups excluding carboxylic acids is 1. The minimum absolute atomic E-state index is 0.00315. The van der Waals surface area contributed by atoms with Crippen LogP contribution < -0.4 is 20.5 Å². The first-order chi connectivity index (χ1) is 13.0. The predicted octanol–water partition coefficient (Wildman–Crippen LogP) is 0.714. The smallest absolute Gasteiger partial charge is 0.243 e. The molecule has 1 fully saturated rings. The highest BCUT2D eigenvalue weighted by atomic mass is 32.2. The van der Waals surface area contributed by atoms with Crippen LogP contribution in [0.15, 0.2) is 23.1 Å². The lowest BCUT2D eigenvalue weighted by Gasteiger charge is -2.30. The van der Waals surface area contributed by atoms with Gasteiger partial charge in [0.15, 0.2) is 11.5 Å². The Kier molecular flexibility index (Phi) is 6.56. The Morgan fingerprint density at radius 3 is 2.56 bits per heavy atom. The van der Waals surface area contributed by atoms with Crippen LogP contribution in [-0.2, 0) is 14.8 Å². The van der Waals surface area contributed by atoms with Gasteiger partial charge in [0.2, 0.25) is 15.9 Å². The number of unbranched alkanes of at least 4 members (excludes halogenated alkanes) is 1. The first kappa shape index (κ1) is 19.9. The third-order valence-corrected chi connectivity index (χ3v) is 6.80. The highest BCUT2D eigenvalue weighted by Gasteiger charge is 2.32. The van der Waals surface area contributed by atoms with Gasteiger partial charge >= 0.3 is 0 Å². The summed E-state index contributed by atoms with van der Waals surface area (Å²) in [4.78, 5) is 12.4. The quantitative estimate of drug-likeness (QED) is 0.656. The minimum atomic E-state index is -3.62. The average molecular weight is 397 g/mol. The molecule has 1 saturated heterocycles. The monoisotopic (exact) mass is 397 g/mol. The van der Waals surface area contributed by atoms with Crippen LogP contribution in [0.4, 0.5) is 0 Å². The fourth-order valence-electron chi connectivity index (χ4n) is 3.32. The summed E-state index contributed by atoms with van der Waals surface area (Å²) in [5, 5.41) is 2.91. The Morgan fingerprint density at radius 2 is 1.85 bits per heavy atom. The maximum atomic E-state index is 12.9. The number of nitrogens with one attached hydrogen (secondary N) is 1. The number of benzene rings is 1. The van der Waals surface area contributed by atoms with E-state index in [1.54, 1.807) is 12.1 Å². The van der Waals surface area contributed by atoms with Gasteiger partial charge in [-0.25, -0.2) is 8.42 Å². The molecule has 2 aliphatic heterocycles. The molecule has 150 valence electrons. The zero-order valence-corrected chi connectivity index (χ0v) is 16.2. The van der Waals surface area contributed by atoms with E-state index in [9.17, 15) is 13.2 Å². The first-order valence-corrected chi connectivity index (χ1v) is 10.8. The van der Waals surface area contributed by atoms with Gasteiger partial charge in [-0.1, -0.05) is 0 Å². The van der Waals surface area contributed by atoms with Crippen molar-refractivity contribution in [3.05, 3.63) is 18.2 Å². The number of nitrogens with two attached hydrogens (primary N) is 1. The maximum absolute atomic E-state index is 12.9. The number of hydrogen-bond donors (Lipinski definition) is 2. The number of ether oxygens (including phenoxy) is 2. The van der Waals surface area contributed by atoms with Crippen molar-refractivity contribution < 1.29 is 22.7 Å². The number of fused-ring (bicyclic) bond motifs is 1. The van der Waals surface area contributed by atoms with Crippen LogP contribution in [0.2, 0.25) is 0 Å². The summed E-state index contributed by atoms with van der Waals surface area (Å²) in [5.74, 6) is 0.872. The van der Waals surface area contributed by atoms with E-state index in [1.165, 1.54) is 10.4 Å². The number of sulfonamides is 1. The van der Waals surface area contributed by atoms with E-state index in [0.717, 1.165) is 12.8 Å². The number of piperidine rings is 1. The summed E-state index contributed by atoms with van der Waals surface area (Å²) in [6, 6.07) is 4.68. The molecule has 1 aromatic rings. The van der Waals surface area contributed by atoms with E-state index in [4.69, 9.17) is 15.2 Å². The van der Waals surface area contributed by atoms with Crippen LogP contribution in [-0.4, -0.2) is 58.0 Å². The van der Waals surface area contributed by atoms with Gasteiger partial charge in [0.25, 0.3) is 0 Å². The van der Waals surface area contributed by atoms with E-state index in [2.05, 4.69) is 5.32 Å². The van der Waals surface area contributed by atoms with Gasteiger partial charge in [-0.15, -0.1) is 0 Å². The van der Waals surface area contributed by atoms with Gasteiger partial charge in [-0.2, -0.15) is 4.31 Å². The van der Waals surface area contributed by atoms with Gasteiger partial charge in [-0.05, 0) is 44.4 Å². The molecule has 1 aromatic carbocycles. The van der Waals surface area contributed by atoms with Crippen LogP contribution in [0, 0.1) is 5.92 Å². The average Bonchev–Trinajstić information content (AvgIpc) is 2.70. The first-order valence-electron chi connectivity index (χ1n) is 9.40. The molecular formula is C18H27N3O5S. The lowest BCUT2D eigenvalue weighted by atomic mass is 9.97. The van der Waals surface area contributed by atoms with Crippen molar-refractivity contribution >= 4 is 15.9 Å². The molecule has 0 saturated carbocycles. The Bertz CT molecular complexity index is 760. The molecule has 0 aliphatic carbocycles. The molecule has 0 atom stereocenters. The minimum Gasteiger partial charge on any atom is -0.486 e. The van der Waals surface area contributed by atoms with Crippen molar-refractivity contribution in [3.8, 4) is 11.5 Å². The highest BCUT2D eigenvalue weighted by molar-refractivity contribution is 7.89. The Labute approximate surface area is 160 Å². The van der Waals surface area contributed by atoms with Crippen molar-refractivity contribution in [2.24, 2.45) is 11.7 Å². The normalized spacial score (nSPS) is 18.3. The molecule has 2 heterocycles. The van der Waals surface area contributed by atoms with E-state index in [-0.39, 0.29) is 16.7 Å². The van der Waals surface area contributed by atoms with E-state index in [0.29, 0.717) is 63.7 Å². The van der Waals surface area contributed by atoms with Gasteiger partial charge in [0.05, 0.1) is 4.90 Å². The summed E-state index contributed by atoms with van der Waals surface area (Å²) in [5.41, 5.74) is 5.44. The molecular weight excluding hydrogens is 370 g/mol. The van der Waals surface area contributed by atoms with E-state index >= 15 is 0 Å². The Hall–Kier alpha value is -1.84. The molecule has 3 rings (SSSR count). The van der Waals surface area contributed by atoms with Gasteiger partial charge in [-0.3, -0.25) is 4.79 Å². The summed E-state index contributed by atoms with van der Waals surface area (Å²) < 4.78 is 38.2. The second-order valence-corrected chi connectivity index (χ2v) is 8.71. The van der Waals surface area contributed by atoms with Crippen molar-refractivity contribution in [1.82, 2.24) is 9.62 Å². The molecule has 0 radical (unpaired) electrons. The fraction of sp³-hybridized carbons (Fsp3) is 0.611. The number of amides is 1. The second kappa shape index (κ2) is 8.90. The van der Waals surface area contributed by atoms with Crippen molar-refractivity contribution in [3.63, 3.8) is 0 Å². The van der Waals surface area contributed by atoms with Crippen LogP contribution in [0.3, 0.4) is 0 Å². The maximum Gasteiger partial charge on any atom is 0.243 e. The lowest BCUT2D eigenvalue weighted by Crippen LogP contribution is -2.43. The largest absolute Gasteiger partial charge is 0.486 e. The number of hydrogen-bond acceptors (Lipinski definition) is 6. The highest BCUT2D eigenvalue weighted by Crippen LogP contribution is 2.34. The molecule has 2 aliphatic rings. The van der Waals surface area contributed by atoms with Crippen LogP contribution >= 0.6 is 0 Å². The molecule has 0 unspecified atom stereocenters. The second-order valence-electron chi connectivity index (χ2n) is 6.77. The van der Waals surface area contributed by atoms with Crippen molar-refractivity contribution in [1.29, 1.82) is 0 Å². The fourth-order valence-corrected chi connectivity index (χ4v) is 4.80. The molecule has 0 spiro atoms. The summed E-state index contributed by atoms with van der Waals surface area (Å²) >= 11 is 0. The lowest BCUT2D eigenvalue weighted by molar-refractivity contribution is -0.126. The number of rotatable bonds is 7. The zero-order chi connectivity index (χ0) is 19.3. The van der Waals surface area contributed by atoms with Crippen LogP contribution in [0.1, 0.15) is 25.7 Å². The number of carbonyl (C=O) groups is 1. The zero-order valence-electron chi connectivity index (χ0n) is 15.4. The third-order valence-electron chi connectivity index (χ3n) is 4.91. The Balaban J connectivity index is 1.57. The molecule has 9 heteroatoms. The van der Waals surface area contributed by atoms with Gasteiger partial charge in [0, 0.05) is 31.6 Å². The summed E-state index contributed by atoms with van der Waals surface area (Å²) in [7, 11) is -3.62. The molecule has 1 amide bonds. The van der Waals surface area contributed by atoms with Crippen LogP contribution in [0.25, 0.3) is 0 Å². The summed E-state index contributed by atoms with van der Waals surface area (Å²) in [6.07, 6.45) is 2.78. The molecule has 8 nitrogen and oxygen atoms in total. The summed E-state index contributed by atoms with van der Waals surface area (Å²) in [6.45, 7) is 2.76. The van der Waals surface area contributed by atoms with E-state index in [1.807, 2.05) is 0 Å². The molecule has 27 heavy (non-hydrogen) atoms. The van der Waals surface area contributed by atoms with Crippen molar-refractivity contribution in [2.45, 2.75) is 30.6 Å². The predicted molar refractivity (Wildman–Crippen MR) is 100 cm³/mol. The molecule has 0 bridgehead atoms. The van der Waals surface area contributed by atoms with E-state index < -0.39 is 10.0 Å². The standard InChI is InChI=1S/C18H27N3O5S/c19-7-1-2-8-20-18(22)14-5-9-21(10-6-14)27(23,24)15-3-4-16-17(13-15)26-12-11-25-16/h3-4,13-14H,1-2,5-12,19H2,(H,20,22). The SMILES string of the molecule is NCCCCNC(=O)C1CCN(S(=O)(=O)c2ccc3c(c2)OCCO3)CC1. The Morgan fingerprint density at radius 1 is 1.15 bits per heavy atom. The van der Waals surface area contributed by atoms with Gasteiger partial charge < -0.3 is 20.5 Å². The number of nitrogens with zero attached hydrogens (tertiary/aromatic N) is 1. The third kappa shape index (κ3) is 4.72.